The van der Waals surface area contributed by atoms with E-state index < -0.39 is 26.0 Å². The summed E-state index contributed by atoms with van der Waals surface area (Å²) >= 11 is 0. The molecule has 0 aromatic rings. The molecule has 0 unspecified atom stereocenters. The molecule has 1 rings (SSSR count). The Bertz CT molecular complexity index is 92.7. The maximum absolute atomic E-state index is 6.79. The molecule has 0 aliphatic carbocycles. The molecule has 1 saturated heterocycles. The lowest BCUT2D eigenvalue weighted by molar-refractivity contribution is 0.389. The van der Waals surface area contributed by atoms with Crippen molar-refractivity contribution in [3.63, 3.8) is 0 Å². The van der Waals surface area contributed by atoms with Crippen LogP contribution in [0.4, 0.5) is 0 Å². The summed E-state index contributed by atoms with van der Waals surface area (Å²) in [7, 11) is 0. The Hall–Kier alpha value is -0.0400. The zero-order valence-corrected chi connectivity index (χ0v) is 2.72. The molecule has 1 nitrogen and oxygen atoms in total. The Morgan fingerprint density at radius 2 is 2.20 bits per heavy atom. The summed E-state index contributed by atoms with van der Waals surface area (Å²) < 4.78 is 31.9. The Morgan fingerprint density at radius 3 is 2.40 bits per heavy atom. The summed E-state index contributed by atoms with van der Waals surface area (Å²) in [6.45, 7) is -2.07. The topological polar surface area (TPSA) is 12.5 Å². The molecular weight excluding hydrogens is 64.0 g/mol. The summed E-state index contributed by atoms with van der Waals surface area (Å²) in [5, 5.41) is 0. The normalized spacial score (nSPS) is 62.0. The molecule has 1 heterocycles. The molecule has 1 heteroatoms. The minimum absolute atomic E-state index is 0.481. The van der Waals surface area contributed by atoms with Crippen LogP contribution >= 0.6 is 0 Å². The molecular formula is C4H8O. The summed E-state index contributed by atoms with van der Waals surface area (Å²) in [6.07, 6.45) is -0.963. The van der Waals surface area contributed by atoms with Gasteiger partial charge in [-0.2, -0.15) is 0 Å². The number of epoxide rings is 1. The van der Waals surface area contributed by atoms with E-state index in [-0.39, 0.29) is 0 Å². The van der Waals surface area contributed by atoms with Crippen molar-refractivity contribution in [3.8, 4) is 0 Å². The first-order valence-corrected chi connectivity index (χ1v) is 1.47. The van der Waals surface area contributed by atoms with Crippen LogP contribution in [-0.2, 0) is 4.74 Å². The van der Waals surface area contributed by atoms with E-state index in [9.17, 15) is 0 Å². The zero-order chi connectivity index (χ0) is 7.02. The van der Waals surface area contributed by atoms with Gasteiger partial charge in [-0.05, 0) is 13.8 Å². The van der Waals surface area contributed by atoms with Gasteiger partial charge in [-0.1, -0.05) is 0 Å². The van der Waals surface area contributed by atoms with Gasteiger partial charge in [-0.25, -0.2) is 0 Å². The van der Waals surface area contributed by atoms with Crippen molar-refractivity contribution in [1.82, 2.24) is 0 Å². The van der Waals surface area contributed by atoms with Gasteiger partial charge < -0.3 is 4.74 Å². The lowest BCUT2D eigenvalue weighted by atomic mass is 10.4. The van der Waals surface area contributed by atoms with Gasteiger partial charge in [0.1, 0.15) is 0 Å². The van der Waals surface area contributed by atoms with Crippen LogP contribution in [0.2, 0.25) is 0 Å². The predicted octanol–water partition coefficient (Wildman–Crippen LogP) is 0.794. The minimum atomic E-state index is -1.03. The van der Waals surface area contributed by atoms with E-state index in [1.165, 1.54) is 0 Å². The quantitative estimate of drug-likeness (QED) is 0.389. The van der Waals surface area contributed by atoms with E-state index in [0.717, 1.165) is 0 Å². The van der Waals surface area contributed by atoms with Gasteiger partial charge in [0.15, 0.2) is 0 Å². The first-order chi connectivity index (χ1) is 4.13. The van der Waals surface area contributed by atoms with Crippen LogP contribution in [0.25, 0.3) is 0 Å². The summed E-state index contributed by atoms with van der Waals surface area (Å²) in [6, 6.07) is 0. The van der Waals surface area contributed by atoms with Gasteiger partial charge >= 0.3 is 0 Å². The van der Waals surface area contributed by atoms with Crippen molar-refractivity contribution in [2.75, 3.05) is 0 Å². The SMILES string of the molecule is [2H]C([2H])[C@H]1O[C@@H]1C([2H])[2H]. The molecule has 0 radical (unpaired) electrons. The van der Waals surface area contributed by atoms with Gasteiger partial charge in [0.05, 0.1) is 12.2 Å². The molecule has 0 bridgehead atoms. The first-order valence-electron chi connectivity index (χ1n) is 3.78. The van der Waals surface area contributed by atoms with Gasteiger partial charge in [0.25, 0.3) is 0 Å². The van der Waals surface area contributed by atoms with Crippen molar-refractivity contribution in [2.45, 2.75) is 26.0 Å². The van der Waals surface area contributed by atoms with Crippen LogP contribution < -0.4 is 0 Å². The Kier molecular flexibility index (Phi) is 0.139. The van der Waals surface area contributed by atoms with Crippen molar-refractivity contribution < 1.29 is 10.2 Å². The fraction of sp³-hybridized carbons (Fsp3) is 1.00. The second-order valence-electron chi connectivity index (χ2n) is 1.07. The smallest absolute Gasteiger partial charge is 0.0811 e. The third-order valence-corrected chi connectivity index (χ3v) is 0.561. The van der Waals surface area contributed by atoms with Crippen molar-refractivity contribution in [2.24, 2.45) is 0 Å². The third-order valence-electron chi connectivity index (χ3n) is 0.561. The van der Waals surface area contributed by atoms with E-state index in [1.807, 2.05) is 0 Å². The first kappa shape index (κ1) is 0.969. The number of hydrogen-bond donors (Lipinski definition) is 0. The molecule has 0 saturated carbocycles. The molecule has 0 N–H and O–H groups in total. The second-order valence-corrected chi connectivity index (χ2v) is 1.07. The van der Waals surface area contributed by atoms with Crippen LogP contribution in [0.1, 0.15) is 19.2 Å². The zero-order valence-electron chi connectivity index (χ0n) is 6.72. The van der Waals surface area contributed by atoms with Crippen molar-refractivity contribution in [1.29, 1.82) is 0 Å². The largest absolute Gasteiger partial charge is 0.370 e. The highest BCUT2D eigenvalue weighted by Crippen LogP contribution is 2.18. The molecule has 5 heavy (non-hydrogen) atoms. The Morgan fingerprint density at radius 1 is 1.60 bits per heavy atom. The number of hydrogen-bond acceptors (Lipinski definition) is 1. The summed E-state index contributed by atoms with van der Waals surface area (Å²) in [5.74, 6) is 0. The van der Waals surface area contributed by atoms with E-state index in [4.69, 9.17) is 5.48 Å². The molecule has 0 spiro atoms. The van der Waals surface area contributed by atoms with Gasteiger partial charge in [0, 0.05) is 5.48 Å². The van der Waals surface area contributed by atoms with E-state index in [1.54, 1.807) is 0 Å². The van der Waals surface area contributed by atoms with Crippen LogP contribution in [0.5, 0.6) is 0 Å². The Balaban J connectivity index is 2.24. The maximum atomic E-state index is 6.79. The highest BCUT2D eigenvalue weighted by Gasteiger charge is 2.27. The van der Waals surface area contributed by atoms with Crippen molar-refractivity contribution >= 4 is 0 Å². The van der Waals surface area contributed by atoms with Gasteiger partial charge in [-0.15, -0.1) is 0 Å². The van der Waals surface area contributed by atoms with E-state index in [2.05, 4.69) is 4.74 Å². The molecule has 0 aromatic carbocycles. The average Bonchev–Trinajstić information content (AvgIpc) is 2.39. The van der Waals surface area contributed by atoms with Crippen LogP contribution in [0, 0.1) is 0 Å². The molecule has 1 fully saturated rings. The lowest BCUT2D eigenvalue weighted by Crippen LogP contribution is -1.74. The van der Waals surface area contributed by atoms with Crippen molar-refractivity contribution in [3.05, 3.63) is 0 Å². The lowest BCUT2D eigenvalue weighted by Gasteiger charge is -1.57. The highest BCUT2D eigenvalue weighted by atomic mass is 16.6. The van der Waals surface area contributed by atoms with E-state index >= 15 is 0 Å². The van der Waals surface area contributed by atoms with Crippen LogP contribution in [-0.4, -0.2) is 12.2 Å². The molecule has 0 amide bonds. The summed E-state index contributed by atoms with van der Waals surface area (Å²) in [5.41, 5.74) is 0. The van der Waals surface area contributed by atoms with Crippen LogP contribution in [0.15, 0.2) is 0 Å². The van der Waals surface area contributed by atoms with Gasteiger partial charge in [-0.3, -0.25) is 0 Å². The molecule has 30 valence electrons. The standard InChI is InChI=1S/C4H8O/c1-3-4(2)5-3/h3-4H,1-2H3/t3-,4-/m1/s1/i1D2,2D2. The molecule has 1 aliphatic heterocycles. The number of ether oxygens (including phenoxy) is 1. The maximum Gasteiger partial charge on any atom is 0.0811 e. The minimum Gasteiger partial charge on any atom is -0.370 e. The molecule has 2 atom stereocenters. The van der Waals surface area contributed by atoms with Gasteiger partial charge in [0.2, 0.25) is 0 Å². The van der Waals surface area contributed by atoms with Crippen LogP contribution in [0.3, 0.4) is 0 Å². The summed E-state index contributed by atoms with van der Waals surface area (Å²) in [4.78, 5) is 0. The van der Waals surface area contributed by atoms with E-state index in [0.29, 0.717) is 0 Å². The fourth-order valence-corrected chi connectivity index (χ4v) is 0.136. The monoisotopic (exact) mass is 76.1 g/mol. The Labute approximate surface area is 37.6 Å². The third kappa shape index (κ3) is 0.428. The average molecular weight is 76.1 g/mol. The molecule has 1 aliphatic rings. The number of rotatable bonds is 0. The molecule has 0 aromatic heterocycles. The fourth-order valence-electron chi connectivity index (χ4n) is 0.136. The predicted molar refractivity (Wildman–Crippen MR) is 20.0 cm³/mol. The second kappa shape index (κ2) is 0.716. The highest BCUT2D eigenvalue weighted by molar-refractivity contribution is 4.73.